The summed E-state index contributed by atoms with van der Waals surface area (Å²) in [5.74, 6) is 3.58. The van der Waals surface area contributed by atoms with Gasteiger partial charge in [-0.25, -0.2) is 0 Å². The minimum atomic E-state index is -0.982. The van der Waals surface area contributed by atoms with Gasteiger partial charge in [0, 0.05) is 0 Å². The Labute approximate surface area is 74.2 Å². The van der Waals surface area contributed by atoms with E-state index in [2.05, 4.69) is 9.99 Å². The van der Waals surface area contributed by atoms with Gasteiger partial charge >= 0.3 is 5.97 Å². The van der Waals surface area contributed by atoms with Crippen LogP contribution >= 0.6 is 0 Å². The zero-order chi connectivity index (χ0) is 10.0. The molecule has 1 unspecified atom stereocenters. The molecule has 6 nitrogen and oxygen atoms in total. The maximum absolute atomic E-state index is 10.7. The third-order valence-corrected chi connectivity index (χ3v) is 1.79. The fourth-order valence-electron chi connectivity index (χ4n) is 1.06. The molecule has 0 amide bonds. The number of carbonyl (C=O) groups is 1. The molecular weight excluding hydrogens is 176 g/mol. The molecule has 6 heteroatoms. The second-order valence-corrected chi connectivity index (χ2v) is 2.64. The fourth-order valence-corrected chi connectivity index (χ4v) is 1.06. The first-order valence-electron chi connectivity index (χ1n) is 3.63. The number of hydrogen-bond acceptors (Lipinski definition) is 5. The number of aliphatic carboxylic acids is 1. The number of carboxylic acids is 1. The summed E-state index contributed by atoms with van der Waals surface area (Å²) in [6.07, 6.45) is 0. The average Bonchev–Trinajstić information content (AvgIpc) is 2.45. The van der Waals surface area contributed by atoms with Gasteiger partial charge in [-0.15, -0.1) is 0 Å². The summed E-state index contributed by atoms with van der Waals surface area (Å²) in [6.45, 7) is 3.11. The minimum Gasteiger partial charge on any atom is -0.481 e. The van der Waals surface area contributed by atoms with Crippen molar-refractivity contribution in [2.24, 2.45) is 5.90 Å². The molecule has 0 fully saturated rings. The molecule has 0 aliphatic rings. The van der Waals surface area contributed by atoms with Gasteiger partial charge in [-0.05, 0) is 19.0 Å². The van der Waals surface area contributed by atoms with Crippen LogP contribution in [0.4, 0.5) is 0 Å². The van der Waals surface area contributed by atoms with Crippen LogP contribution in [0.25, 0.3) is 0 Å². The van der Waals surface area contributed by atoms with Crippen molar-refractivity contribution >= 4 is 5.97 Å². The Bertz CT molecular complexity index is 320. The van der Waals surface area contributed by atoms with Gasteiger partial charge < -0.3 is 14.5 Å². The van der Waals surface area contributed by atoms with E-state index < -0.39 is 11.9 Å². The maximum atomic E-state index is 10.7. The summed E-state index contributed by atoms with van der Waals surface area (Å²) in [7, 11) is 0. The van der Waals surface area contributed by atoms with Crippen molar-refractivity contribution in [1.82, 2.24) is 5.16 Å². The zero-order valence-electron chi connectivity index (χ0n) is 7.27. The highest BCUT2D eigenvalue weighted by Crippen LogP contribution is 2.28. The standard InChI is InChI=1S/C7H10N2O4/c1-3(7(10)11)5-4(2)13-9-6(5)12-8/h3H,8H2,1-2H3,(H,10,11). The molecule has 0 spiro atoms. The summed E-state index contributed by atoms with van der Waals surface area (Å²) in [5, 5.41) is 12.2. The molecule has 0 aliphatic carbocycles. The first-order valence-corrected chi connectivity index (χ1v) is 3.63. The van der Waals surface area contributed by atoms with E-state index in [0.29, 0.717) is 11.3 Å². The summed E-state index contributed by atoms with van der Waals surface area (Å²) in [5.41, 5.74) is 0.370. The Morgan fingerprint density at radius 3 is 2.85 bits per heavy atom. The van der Waals surface area contributed by atoms with E-state index in [1.807, 2.05) is 0 Å². The Morgan fingerprint density at radius 1 is 1.77 bits per heavy atom. The van der Waals surface area contributed by atoms with Crippen molar-refractivity contribution in [3.63, 3.8) is 0 Å². The molecular formula is C7H10N2O4. The third-order valence-electron chi connectivity index (χ3n) is 1.79. The summed E-state index contributed by atoms with van der Waals surface area (Å²) >= 11 is 0. The summed E-state index contributed by atoms with van der Waals surface area (Å²) in [6, 6.07) is 0. The van der Waals surface area contributed by atoms with Gasteiger partial charge in [-0.3, -0.25) is 4.79 Å². The van der Waals surface area contributed by atoms with Crippen LogP contribution in [0.2, 0.25) is 0 Å². The molecule has 0 aromatic carbocycles. The Balaban J connectivity index is 3.10. The number of aromatic nitrogens is 1. The van der Waals surface area contributed by atoms with Gasteiger partial charge in [-0.1, -0.05) is 0 Å². The van der Waals surface area contributed by atoms with Crippen molar-refractivity contribution in [1.29, 1.82) is 0 Å². The molecule has 3 N–H and O–H groups in total. The van der Waals surface area contributed by atoms with E-state index in [1.165, 1.54) is 6.92 Å². The van der Waals surface area contributed by atoms with E-state index >= 15 is 0 Å². The molecule has 72 valence electrons. The Hall–Kier alpha value is -1.56. The number of carboxylic acid groups (broad SMARTS) is 1. The highest BCUT2D eigenvalue weighted by molar-refractivity contribution is 5.76. The third kappa shape index (κ3) is 1.62. The van der Waals surface area contributed by atoms with Crippen LogP contribution in [0.15, 0.2) is 4.52 Å². The van der Waals surface area contributed by atoms with Crippen LogP contribution in [-0.2, 0) is 4.79 Å². The van der Waals surface area contributed by atoms with Gasteiger partial charge in [0.05, 0.1) is 11.5 Å². The van der Waals surface area contributed by atoms with Gasteiger partial charge in [0.25, 0.3) is 5.88 Å². The molecule has 0 saturated carbocycles. The SMILES string of the molecule is Cc1onc(ON)c1C(C)C(=O)O. The number of nitrogens with zero attached hydrogens (tertiary/aromatic N) is 1. The van der Waals surface area contributed by atoms with Crippen LogP contribution < -0.4 is 10.7 Å². The van der Waals surface area contributed by atoms with Crippen molar-refractivity contribution in [2.75, 3.05) is 0 Å². The normalized spacial score (nSPS) is 12.5. The molecule has 1 atom stereocenters. The number of nitrogens with two attached hydrogens (primary N) is 1. The molecule has 0 saturated heterocycles. The first-order chi connectivity index (χ1) is 6.07. The molecule has 1 aromatic rings. The average molecular weight is 186 g/mol. The number of hydrogen-bond donors (Lipinski definition) is 2. The predicted octanol–water partition coefficient (Wildman–Crippen LogP) is 0.424. The van der Waals surface area contributed by atoms with Crippen molar-refractivity contribution < 1.29 is 19.3 Å². The molecule has 1 rings (SSSR count). The van der Waals surface area contributed by atoms with Crippen LogP contribution in [0.1, 0.15) is 24.2 Å². The van der Waals surface area contributed by atoms with Crippen LogP contribution in [0.5, 0.6) is 5.88 Å². The van der Waals surface area contributed by atoms with E-state index in [0.717, 1.165) is 0 Å². The van der Waals surface area contributed by atoms with Gasteiger partial charge in [-0.2, -0.15) is 5.90 Å². The van der Waals surface area contributed by atoms with Crippen molar-refractivity contribution in [3.8, 4) is 5.88 Å². The molecule has 1 heterocycles. The molecule has 13 heavy (non-hydrogen) atoms. The van der Waals surface area contributed by atoms with E-state index in [-0.39, 0.29) is 5.88 Å². The van der Waals surface area contributed by atoms with E-state index in [4.69, 9.17) is 15.5 Å². The lowest BCUT2D eigenvalue weighted by atomic mass is 10.0. The first kappa shape index (κ1) is 9.53. The predicted molar refractivity (Wildman–Crippen MR) is 42.1 cm³/mol. The van der Waals surface area contributed by atoms with Gasteiger partial charge in [0.1, 0.15) is 5.76 Å². The lowest BCUT2D eigenvalue weighted by Gasteiger charge is -2.04. The number of aryl methyl sites for hydroxylation is 1. The zero-order valence-corrected chi connectivity index (χ0v) is 7.27. The Morgan fingerprint density at radius 2 is 2.38 bits per heavy atom. The lowest BCUT2D eigenvalue weighted by molar-refractivity contribution is -0.138. The van der Waals surface area contributed by atoms with Crippen LogP contribution in [0.3, 0.4) is 0 Å². The number of rotatable bonds is 3. The summed E-state index contributed by atoms with van der Waals surface area (Å²) < 4.78 is 4.74. The highest BCUT2D eigenvalue weighted by atomic mass is 16.6. The summed E-state index contributed by atoms with van der Waals surface area (Å²) in [4.78, 5) is 15.0. The maximum Gasteiger partial charge on any atom is 0.311 e. The smallest absolute Gasteiger partial charge is 0.311 e. The second kappa shape index (κ2) is 3.44. The molecule has 1 aromatic heterocycles. The topological polar surface area (TPSA) is 98.6 Å². The van der Waals surface area contributed by atoms with E-state index in [9.17, 15) is 4.79 Å². The lowest BCUT2D eigenvalue weighted by Crippen LogP contribution is -2.11. The van der Waals surface area contributed by atoms with Crippen LogP contribution in [0, 0.1) is 6.92 Å². The van der Waals surface area contributed by atoms with E-state index in [1.54, 1.807) is 6.92 Å². The monoisotopic (exact) mass is 186 g/mol. The van der Waals surface area contributed by atoms with Gasteiger partial charge in [0.2, 0.25) is 0 Å². The molecule has 0 bridgehead atoms. The van der Waals surface area contributed by atoms with Crippen molar-refractivity contribution in [2.45, 2.75) is 19.8 Å². The molecule has 0 aliphatic heterocycles. The minimum absolute atomic E-state index is 0.0207. The van der Waals surface area contributed by atoms with Crippen LogP contribution in [-0.4, -0.2) is 16.2 Å². The highest BCUT2D eigenvalue weighted by Gasteiger charge is 2.25. The Kier molecular flexibility index (Phi) is 2.52. The second-order valence-electron chi connectivity index (χ2n) is 2.64. The quantitative estimate of drug-likeness (QED) is 0.664. The fraction of sp³-hybridized carbons (Fsp3) is 0.429. The van der Waals surface area contributed by atoms with Crippen molar-refractivity contribution in [3.05, 3.63) is 11.3 Å². The van der Waals surface area contributed by atoms with Gasteiger partial charge in [0.15, 0.2) is 0 Å². The molecule has 0 radical (unpaired) electrons. The largest absolute Gasteiger partial charge is 0.481 e.